The van der Waals surface area contributed by atoms with Crippen molar-refractivity contribution in [1.29, 1.82) is 0 Å². The van der Waals surface area contributed by atoms with Gasteiger partial charge in [-0.3, -0.25) is 0 Å². The SMILES string of the molecule is C#CC1(COC(=O)c2ccc(C)cc2)OC(O)CC1c1cc(C)ccc1C(=O)OC. The lowest BCUT2D eigenvalue weighted by molar-refractivity contribution is -0.131. The van der Waals surface area contributed by atoms with Crippen LogP contribution in [0.15, 0.2) is 42.5 Å². The Morgan fingerprint density at radius 1 is 1.17 bits per heavy atom. The van der Waals surface area contributed by atoms with Crippen molar-refractivity contribution in [2.75, 3.05) is 13.7 Å². The van der Waals surface area contributed by atoms with Crippen LogP contribution >= 0.6 is 0 Å². The van der Waals surface area contributed by atoms with Crippen molar-refractivity contribution in [3.63, 3.8) is 0 Å². The maximum absolute atomic E-state index is 12.5. The first-order chi connectivity index (χ1) is 14.3. The minimum absolute atomic E-state index is 0.153. The maximum atomic E-state index is 12.5. The van der Waals surface area contributed by atoms with Crippen LogP contribution in [-0.2, 0) is 14.2 Å². The molecule has 30 heavy (non-hydrogen) atoms. The fourth-order valence-electron chi connectivity index (χ4n) is 3.67. The molecule has 0 aliphatic carbocycles. The summed E-state index contributed by atoms with van der Waals surface area (Å²) in [6.07, 6.45) is 4.80. The fraction of sp³-hybridized carbons (Fsp3) is 0.333. The van der Waals surface area contributed by atoms with Gasteiger partial charge in [0.2, 0.25) is 0 Å². The molecule has 6 heteroatoms. The summed E-state index contributed by atoms with van der Waals surface area (Å²) < 4.78 is 16.0. The molecule has 3 atom stereocenters. The van der Waals surface area contributed by atoms with Gasteiger partial charge in [-0.15, -0.1) is 6.42 Å². The lowest BCUT2D eigenvalue weighted by Gasteiger charge is -2.30. The van der Waals surface area contributed by atoms with E-state index in [1.807, 2.05) is 32.0 Å². The van der Waals surface area contributed by atoms with Crippen LogP contribution < -0.4 is 0 Å². The number of ether oxygens (including phenoxy) is 3. The van der Waals surface area contributed by atoms with E-state index in [2.05, 4.69) is 5.92 Å². The quantitative estimate of drug-likeness (QED) is 0.605. The van der Waals surface area contributed by atoms with E-state index < -0.39 is 29.7 Å². The zero-order valence-electron chi connectivity index (χ0n) is 17.2. The number of aliphatic hydroxyl groups excluding tert-OH is 1. The van der Waals surface area contributed by atoms with E-state index >= 15 is 0 Å². The van der Waals surface area contributed by atoms with Gasteiger partial charge in [-0.2, -0.15) is 0 Å². The van der Waals surface area contributed by atoms with Gasteiger partial charge in [-0.05, 0) is 37.6 Å². The van der Waals surface area contributed by atoms with E-state index in [1.54, 1.807) is 24.3 Å². The van der Waals surface area contributed by atoms with Crippen molar-refractivity contribution in [2.24, 2.45) is 0 Å². The van der Waals surface area contributed by atoms with E-state index in [1.165, 1.54) is 7.11 Å². The minimum Gasteiger partial charge on any atom is -0.465 e. The van der Waals surface area contributed by atoms with Crippen LogP contribution in [0.5, 0.6) is 0 Å². The molecule has 1 aliphatic rings. The number of hydrogen-bond donors (Lipinski definition) is 1. The lowest BCUT2D eigenvalue weighted by atomic mass is 9.80. The Labute approximate surface area is 175 Å². The van der Waals surface area contributed by atoms with Crippen molar-refractivity contribution in [1.82, 2.24) is 0 Å². The van der Waals surface area contributed by atoms with Crippen LogP contribution in [0.3, 0.4) is 0 Å². The predicted molar refractivity (Wildman–Crippen MR) is 110 cm³/mol. The molecule has 2 aromatic carbocycles. The Morgan fingerprint density at radius 2 is 1.83 bits per heavy atom. The summed E-state index contributed by atoms with van der Waals surface area (Å²) in [4.78, 5) is 24.8. The topological polar surface area (TPSA) is 82.1 Å². The number of esters is 2. The van der Waals surface area contributed by atoms with Crippen LogP contribution in [0.25, 0.3) is 0 Å². The van der Waals surface area contributed by atoms with Crippen molar-refractivity contribution >= 4 is 11.9 Å². The smallest absolute Gasteiger partial charge is 0.338 e. The number of terminal acetylenes is 1. The number of methoxy groups -OCH3 is 1. The molecule has 0 bridgehead atoms. The molecule has 1 fully saturated rings. The second-order valence-corrected chi connectivity index (χ2v) is 7.42. The van der Waals surface area contributed by atoms with Crippen LogP contribution in [0.4, 0.5) is 0 Å². The predicted octanol–water partition coefficient (Wildman–Crippen LogP) is 3.14. The Balaban J connectivity index is 1.92. The van der Waals surface area contributed by atoms with Gasteiger partial charge in [-0.25, -0.2) is 9.59 Å². The number of carbonyl (C=O) groups is 2. The van der Waals surface area contributed by atoms with Gasteiger partial charge >= 0.3 is 11.9 Å². The Kier molecular flexibility index (Phi) is 6.25. The minimum atomic E-state index is -1.42. The molecule has 0 spiro atoms. The van der Waals surface area contributed by atoms with Crippen molar-refractivity contribution in [3.05, 3.63) is 70.3 Å². The van der Waals surface area contributed by atoms with E-state index in [0.717, 1.165) is 11.1 Å². The summed E-state index contributed by atoms with van der Waals surface area (Å²) in [6, 6.07) is 12.2. The molecule has 156 valence electrons. The molecule has 0 radical (unpaired) electrons. The van der Waals surface area contributed by atoms with E-state index in [-0.39, 0.29) is 13.0 Å². The number of benzene rings is 2. The fourth-order valence-corrected chi connectivity index (χ4v) is 3.67. The molecule has 2 aromatic rings. The largest absolute Gasteiger partial charge is 0.465 e. The highest BCUT2D eigenvalue weighted by Gasteiger charge is 2.50. The number of hydrogen-bond acceptors (Lipinski definition) is 6. The van der Waals surface area contributed by atoms with Crippen molar-refractivity contribution in [3.8, 4) is 12.3 Å². The Hall–Kier alpha value is -3.14. The molecule has 3 unspecified atom stereocenters. The highest BCUT2D eigenvalue weighted by Crippen LogP contribution is 2.44. The molecule has 6 nitrogen and oxygen atoms in total. The van der Waals surface area contributed by atoms with Gasteiger partial charge in [0.05, 0.1) is 18.2 Å². The van der Waals surface area contributed by atoms with Crippen LogP contribution in [0.2, 0.25) is 0 Å². The van der Waals surface area contributed by atoms with Crippen LogP contribution in [0.1, 0.15) is 49.7 Å². The molecule has 1 heterocycles. The van der Waals surface area contributed by atoms with Gasteiger partial charge in [0, 0.05) is 12.3 Å². The van der Waals surface area contributed by atoms with Crippen molar-refractivity contribution in [2.45, 2.75) is 38.1 Å². The molecule has 0 amide bonds. The molecular weight excluding hydrogens is 384 g/mol. The zero-order valence-corrected chi connectivity index (χ0v) is 17.2. The Morgan fingerprint density at radius 3 is 2.47 bits per heavy atom. The third-order valence-corrected chi connectivity index (χ3v) is 5.28. The number of carbonyl (C=O) groups excluding carboxylic acids is 2. The van der Waals surface area contributed by atoms with Gasteiger partial charge in [-0.1, -0.05) is 41.3 Å². The monoisotopic (exact) mass is 408 g/mol. The lowest BCUT2D eigenvalue weighted by Crippen LogP contribution is -2.39. The molecule has 1 N–H and O–H groups in total. The number of aliphatic hydroxyl groups is 1. The van der Waals surface area contributed by atoms with E-state index in [9.17, 15) is 14.7 Å². The molecule has 1 saturated heterocycles. The van der Waals surface area contributed by atoms with E-state index in [4.69, 9.17) is 20.6 Å². The van der Waals surface area contributed by atoms with Gasteiger partial charge < -0.3 is 19.3 Å². The molecular formula is C24H24O6. The average molecular weight is 408 g/mol. The van der Waals surface area contributed by atoms with Gasteiger partial charge in [0.1, 0.15) is 6.61 Å². The molecule has 1 aliphatic heterocycles. The average Bonchev–Trinajstić information content (AvgIpc) is 3.08. The summed E-state index contributed by atoms with van der Waals surface area (Å²) in [7, 11) is 1.30. The third-order valence-electron chi connectivity index (χ3n) is 5.28. The van der Waals surface area contributed by atoms with Crippen molar-refractivity contribution < 1.29 is 28.9 Å². The van der Waals surface area contributed by atoms with Crippen LogP contribution in [-0.4, -0.2) is 42.7 Å². The van der Waals surface area contributed by atoms with Gasteiger partial charge in [0.25, 0.3) is 0 Å². The number of rotatable bonds is 5. The highest BCUT2D eigenvalue weighted by molar-refractivity contribution is 5.91. The highest BCUT2D eigenvalue weighted by atomic mass is 16.6. The number of aryl methyl sites for hydroxylation is 2. The third kappa shape index (κ3) is 4.23. The zero-order chi connectivity index (χ0) is 21.9. The summed E-state index contributed by atoms with van der Waals surface area (Å²) in [5, 5.41) is 10.2. The summed E-state index contributed by atoms with van der Waals surface area (Å²) in [5.41, 5.74) is 1.80. The normalized spacial score (nSPS) is 22.9. The molecule has 3 rings (SSSR count). The summed E-state index contributed by atoms with van der Waals surface area (Å²) in [6.45, 7) is 3.53. The second kappa shape index (κ2) is 8.70. The first-order valence-corrected chi connectivity index (χ1v) is 9.56. The Bertz CT molecular complexity index is 988. The standard InChI is InChI=1S/C24H24O6/c1-5-24(14-29-22(26)17-9-6-15(2)7-10-17)20(13-21(25)30-24)19-12-16(3)8-11-18(19)23(27)28-4/h1,6-12,20-21,25H,13-14H2,2-4H3. The summed E-state index contributed by atoms with van der Waals surface area (Å²) >= 11 is 0. The molecule has 0 aromatic heterocycles. The van der Waals surface area contributed by atoms with E-state index in [0.29, 0.717) is 16.7 Å². The molecule has 0 saturated carbocycles. The maximum Gasteiger partial charge on any atom is 0.338 e. The second-order valence-electron chi connectivity index (χ2n) is 7.42. The van der Waals surface area contributed by atoms with Gasteiger partial charge in [0.15, 0.2) is 11.9 Å². The van der Waals surface area contributed by atoms with Crippen LogP contribution in [0, 0.1) is 26.2 Å². The summed E-state index contributed by atoms with van der Waals surface area (Å²) in [5.74, 6) is 0.923. The first kappa shape index (κ1) is 21.6. The first-order valence-electron chi connectivity index (χ1n) is 9.56.